The second-order valence-corrected chi connectivity index (χ2v) is 7.87. The predicted molar refractivity (Wildman–Crippen MR) is 132 cm³/mol. The number of fused-ring (bicyclic) bond motifs is 1. The molecule has 0 aliphatic rings. The van der Waals surface area contributed by atoms with E-state index in [4.69, 9.17) is 0 Å². The molecule has 4 rings (SSSR count). The molecule has 0 saturated heterocycles. The van der Waals surface area contributed by atoms with Crippen molar-refractivity contribution < 1.29 is 4.39 Å². The van der Waals surface area contributed by atoms with E-state index in [9.17, 15) is 0 Å². The average Bonchev–Trinajstić information content (AvgIpc) is 2.82. The third-order valence-corrected chi connectivity index (χ3v) is 5.80. The Balaban J connectivity index is 1.66. The maximum Gasteiger partial charge on any atom is 0.138 e. The molecule has 0 bridgehead atoms. The van der Waals surface area contributed by atoms with Crippen LogP contribution in [-0.4, -0.2) is 0 Å². The summed E-state index contributed by atoms with van der Waals surface area (Å²) in [5, 5.41) is 1.61. The Morgan fingerprint density at radius 3 is 2.10 bits per heavy atom. The molecule has 0 N–H and O–H groups in total. The molecule has 0 unspecified atom stereocenters. The molecule has 0 aromatic heterocycles. The van der Waals surface area contributed by atoms with E-state index in [1.54, 1.807) is 0 Å². The Hall–Kier alpha value is -3.45. The van der Waals surface area contributed by atoms with Crippen molar-refractivity contribution in [1.82, 2.24) is 0 Å². The van der Waals surface area contributed by atoms with Crippen LogP contribution >= 0.6 is 0 Å². The largest absolute Gasteiger partial charge is 0.206 e. The molecule has 0 atom stereocenters. The van der Waals surface area contributed by atoms with Crippen LogP contribution < -0.4 is 0 Å². The molecule has 154 valence electrons. The first-order valence-corrected chi connectivity index (χ1v) is 10.8. The Morgan fingerprint density at radius 1 is 0.677 bits per heavy atom. The van der Waals surface area contributed by atoms with Crippen LogP contribution in [0.4, 0.5) is 4.39 Å². The van der Waals surface area contributed by atoms with Crippen LogP contribution in [0.1, 0.15) is 24.0 Å². The summed E-state index contributed by atoms with van der Waals surface area (Å²) in [5.41, 5.74) is 6.41. The summed E-state index contributed by atoms with van der Waals surface area (Å²) in [4.78, 5) is 0. The lowest BCUT2D eigenvalue weighted by atomic mass is 9.94. The molecule has 0 saturated carbocycles. The van der Waals surface area contributed by atoms with E-state index in [1.807, 2.05) is 48.6 Å². The molecular weight excluding hydrogens is 379 g/mol. The molecule has 0 aliphatic heterocycles. The van der Waals surface area contributed by atoms with Crippen molar-refractivity contribution in [2.45, 2.75) is 25.7 Å². The van der Waals surface area contributed by atoms with Crippen molar-refractivity contribution >= 4 is 10.8 Å². The predicted octanol–water partition coefficient (Wildman–Crippen LogP) is 8.55. The zero-order valence-corrected chi connectivity index (χ0v) is 17.8. The minimum Gasteiger partial charge on any atom is -0.206 e. The first-order valence-electron chi connectivity index (χ1n) is 10.8. The third-order valence-electron chi connectivity index (χ3n) is 5.80. The molecule has 0 radical (unpaired) electrons. The zero-order valence-electron chi connectivity index (χ0n) is 17.8. The maximum absolute atomic E-state index is 15.3. The Labute approximate surface area is 184 Å². The van der Waals surface area contributed by atoms with Crippen molar-refractivity contribution in [2.24, 2.45) is 0 Å². The van der Waals surface area contributed by atoms with E-state index in [0.717, 1.165) is 42.2 Å². The van der Waals surface area contributed by atoms with Gasteiger partial charge in [-0.05, 0) is 58.9 Å². The summed E-state index contributed by atoms with van der Waals surface area (Å²) in [7, 11) is 0. The minimum absolute atomic E-state index is 0.160. The van der Waals surface area contributed by atoms with Gasteiger partial charge in [-0.3, -0.25) is 0 Å². The number of halogens is 1. The van der Waals surface area contributed by atoms with Crippen LogP contribution in [0.15, 0.2) is 104 Å². The molecule has 0 heterocycles. The Bertz CT molecular complexity index is 1220. The lowest BCUT2D eigenvalue weighted by molar-refractivity contribution is 0.643. The van der Waals surface area contributed by atoms with Gasteiger partial charge in [-0.15, -0.1) is 13.2 Å². The van der Waals surface area contributed by atoms with Gasteiger partial charge in [-0.25, -0.2) is 4.39 Å². The summed E-state index contributed by atoms with van der Waals surface area (Å²) in [5.74, 6) is -0.160. The van der Waals surface area contributed by atoms with E-state index in [0.29, 0.717) is 10.9 Å². The van der Waals surface area contributed by atoms with Crippen LogP contribution in [0.25, 0.3) is 33.0 Å². The molecule has 0 spiro atoms. The zero-order chi connectivity index (χ0) is 21.6. The fraction of sp³-hybridized carbons (Fsp3) is 0.133. The molecule has 0 fully saturated rings. The fourth-order valence-corrected chi connectivity index (χ4v) is 4.10. The van der Waals surface area contributed by atoms with Gasteiger partial charge in [-0.2, -0.15) is 0 Å². The molecule has 1 heteroatoms. The third kappa shape index (κ3) is 4.51. The SMILES string of the molecule is C=CCCc1ccc2c(F)c(-c3ccc(-c4ccccc4CCC=C)cc3)ccc2c1. The van der Waals surface area contributed by atoms with Gasteiger partial charge in [0.15, 0.2) is 0 Å². The van der Waals surface area contributed by atoms with Crippen LogP contribution in [0, 0.1) is 5.82 Å². The second-order valence-electron chi connectivity index (χ2n) is 7.87. The van der Waals surface area contributed by atoms with Crippen molar-refractivity contribution in [3.8, 4) is 22.3 Å². The van der Waals surface area contributed by atoms with Gasteiger partial charge in [0.1, 0.15) is 5.82 Å². The highest BCUT2D eigenvalue weighted by Crippen LogP contribution is 2.32. The quantitative estimate of drug-likeness (QED) is 0.257. The van der Waals surface area contributed by atoms with Gasteiger partial charge in [0.25, 0.3) is 0 Å². The molecule has 0 aliphatic carbocycles. The molecule has 4 aromatic rings. The van der Waals surface area contributed by atoms with Crippen molar-refractivity contribution in [3.05, 3.63) is 121 Å². The first kappa shape index (κ1) is 20.8. The first-order chi connectivity index (χ1) is 15.2. The van der Waals surface area contributed by atoms with Crippen LogP contribution in [-0.2, 0) is 12.8 Å². The number of rotatable bonds is 8. The summed E-state index contributed by atoms with van der Waals surface area (Å²) in [6.07, 6.45) is 7.64. The summed E-state index contributed by atoms with van der Waals surface area (Å²) < 4.78 is 15.3. The number of hydrogen-bond donors (Lipinski definition) is 0. The highest BCUT2D eigenvalue weighted by molar-refractivity contribution is 5.89. The van der Waals surface area contributed by atoms with Crippen molar-refractivity contribution in [2.75, 3.05) is 0 Å². The topological polar surface area (TPSA) is 0 Å². The van der Waals surface area contributed by atoms with Gasteiger partial charge in [0, 0.05) is 10.9 Å². The number of aryl methyl sites for hydroxylation is 2. The van der Waals surface area contributed by atoms with Gasteiger partial charge in [-0.1, -0.05) is 91.0 Å². The van der Waals surface area contributed by atoms with Crippen LogP contribution in [0.3, 0.4) is 0 Å². The number of allylic oxidation sites excluding steroid dienone is 2. The van der Waals surface area contributed by atoms with Crippen LogP contribution in [0.5, 0.6) is 0 Å². The minimum atomic E-state index is -0.160. The van der Waals surface area contributed by atoms with E-state index in [1.165, 1.54) is 16.7 Å². The Morgan fingerprint density at radius 2 is 1.35 bits per heavy atom. The summed E-state index contributed by atoms with van der Waals surface area (Å²) >= 11 is 0. The summed E-state index contributed by atoms with van der Waals surface area (Å²) in [6.45, 7) is 7.61. The lowest BCUT2D eigenvalue weighted by Gasteiger charge is -2.11. The molecule has 4 aromatic carbocycles. The fourth-order valence-electron chi connectivity index (χ4n) is 4.10. The maximum atomic E-state index is 15.3. The van der Waals surface area contributed by atoms with Crippen molar-refractivity contribution in [3.63, 3.8) is 0 Å². The van der Waals surface area contributed by atoms with Crippen LogP contribution in [0.2, 0.25) is 0 Å². The molecule has 0 amide bonds. The molecule has 0 nitrogen and oxygen atoms in total. The smallest absolute Gasteiger partial charge is 0.138 e. The number of hydrogen-bond acceptors (Lipinski definition) is 0. The van der Waals surface area contributed by atoms with Gasteiger partial charge >= 0.3 is 0 Å². The van der Waals surface area contributed by atoms with E-state index >= 15 is 4.39 Å². The van der Waals surface area contributed by atoms with Gasteiger partial charge < -0.3 is 0 Å². The van der Waals surface area contributed by atoms with Gasteiger partial charge in [0.2, 0.25) is 0 Å². The highest BCUT2D eigenvalue weighted by Gasteiger charge is 2.11. The molecule has 31 heavy (non-hydrogen) atoms. The highest BCUT2D eigenvalue weighted by atomic mass is 19.1. The Kier molecular flexibility index (Phi) is 6.43. The van der Waals surface area contributed by atoms with E-state index in [2.05, 4.69) is 55.6 Å². The van der Waals surface area contributed by atoms with Crippen molar-refractivity contribution in [1.29, 1.82) is 0 Å². The monoisotopic (exact) mass is 406 g/mol. The summed E-state index contributed by atoms with van der Waals surface area (Å²) in [6, 6.07) is 26.6. The average molecular weight is 407 g/mol. The normalized spacial score (nSPS) is 10.9. The lowest BCUT2D eigenvalue weighted by Crippen LogP contribution is -1.91. The molecular formula is C30H27F. The van der Waals surface area contributed by atoms with E-state index < -0.39 is 0 Å². The standard InChI is InChI=1S/C30H27F/c1-3-5-9-22-13-19-29-26(21-22)18-20-28(30(29)31)25-16-14-24(15-17-25)27-12-8-7-11-23(27)10-6-4-2/h3-4,7-8,11-21H,1-2,5-6,9-10H2. The number of benzene rings is 4. The second kappa shape index (κ2) is 9.57. The van der Waals surface area contributed by atoms with Gasteiger partial charge in [0.05, 0.1) is 0 Å². The van der Waals surface area contributed by atoms with E-state index in [-0.39, 0.29) is 5.82 Å².